The van der Waals surface area contributed by atoms with Gasteiger partial charge in [0.15, 0.2) is 0 Å². The molecule has 0 fully saturated rings. The van der Waals surface area contributed by atoms with Crippen molar-refractivity contribution >= 4 is 5.82 Å². The van der Waals surface area contributed by atoms with Gasteiger partial charge in [0.1, 0.15) is 11.9 Å². The zero-order valence-electron chi connectivity index (χ0n) is 8.83. The van der Waals surface area contributed by atoms with Crippen LogP contribution in [0.2, 0.25) is 0 Å². The van der Waals surface area contributed by atoms with Crippen molar-refractivity contribution in [1.82, 2.24) is 15.0 Å². The average molecular weight is 216 g/mol. The maximum atomic E-state index is 10.1. The van der Waals surface area contributed by atoms with Gasteiger partial charge in [0, 0.05) is 24.2 Å². The summed E-state index contributed by atoms with van der Waals surface area (Å²) >= 11 is 0. The number of rotatable bonds is 2. The predicted octanol–water partition coefficient (Wildman–Crippen LogP) is 0.844. The van der Waals surface area contributed by atoms with E-state index in [1.807, 2.05) is 6.92 Å². The Morgan fingerprint density at radius 3 is 2.69 bits per heavy atom. The van der Waals surface area contributed by atoms with Crippen LogP contribution in [0.4, 0.5) is 5.82 Å². The van der Waals surface area contributed by atoms with E-state index in [0.717, 1.165) is 5.56 Å². The first-order valence-corrected chi connectivity index (χ1v) is 4.85. The lowest BCUT2D eigenvalue weighted by Gasteiger charge is -2.14. The molecule has 0 spiro atoms. The molecule has 0 radical (unpaired) electrons. The van der Waals surface area contributed by atoms with E-state index < -0.39 is 6.10 Å². The fourth-order valence-corrected chi connectivity index (χ4v) is 1.55. The molecule has 0 bridgehead atoms. The maximum Gasteiger partial charge on any atom is 0.129 e. The monoisotopic (exact) mass is 216 g/mol. The maximum absolute atomic E-state index is 10.1. The molecule has 2 aromatic heterocycles. The highest BCUT2D eigenvalue weighted by atomic mass is 16.3. The van der Waals surface area contributed by atoms with Crippen LogP contribution in [0.15, 0.2) is 30.9 Å². The normalized spacial score (nSPS) is 12.4. The zero-order chi connectivity index (χ0) is 11.5. The molecule has 5 heteroatoms. The second kappa shape index (κ2) is 4.24. The largest absolute Gasteiger partial charge is 0.383 e. The number of hydrogen-bond donors (Lipinski definition) is 2. The van der Waals surface area contributed by atoms with Gasteiger partial charge < -0.3 is 10.8 Å². The summed E-state index contributed by atoms with van der Waals surface area (Å²) in [6.45, 7) is 1.87. The second-order valence-corrected chi connectivity index (χ2v) is 3.46. The van der Waals surface area contributed by atoms with Gasteiger partial charge in [-0.3, -0.25) is 9.97 Å². The van der Waals surface area contributed by atoms with Crippen molar-refractivity contribution in [1.29, 1.82) is 0 Å². The molecule has 0 aliphatic heterocycles. The molecule has 0 aliphatic carbocycles. The first-order valence-electron chi connectivity index (χ1n) is 4.85. The Morgan fingerprint density at radius 2 is 2.06 bits per heavy atom. The standard InChI is InChI=1S/C11H12N4O/c1-7-2-3-15-11(12)9(7)10(16)8-6-13-4-5-14-8/h2-6,10,16H,1H3,(H2,12,15). The Labute approximate surface area is 93.0 Å². The summed E-state index contributed by atoms with van der Waals surface area (Å²) in [5.74, 6) is 0.318. The van der Waals surface area contributed by atoms with Crippen LogP contribution in [0.5, 0.6) is 0 Å². The molecule has 0 saturated carbocycles. The molecule has 2 aromatic rings. The van der Waals surface area contributed by atoms with Crippen LogP contribution in [0.25, 0.3) is 0 Å². The van der Waals surface area contributed by atoms with Crippen LogP contribution in [0, 0.1) is 6.92 Å². The van der Waals surface area contributed by atoms with Gasteiger partial charge in [-0.15, -0.1) is 0 Å². The van der Waals surface area contributed by atoms with Gasteiger partial charge in [-0.05, 0) is 18.6 Å². The number of aryl methyl sites for hydroxylation is 1. The average Bonchev–Trinajstić information content (AvgIpc) is 2.30. The summed E-state index contributed by atoms with van der Waals surface area (Å²) in [5.41, 5.74) is 7.67. The van der Waals surface area contributed by atoms with Gasteiger partial charge >= 0.3 is 0 Å². The van der Waals surface area contributed by atoms with Crippen LogP contribution in [-0.4, -0.2) is 20.1 Å². The van der Waals surface area contributed by atoms with Gasteiger partial charge in [-0.1, -0.05) is 0 Å². The fourth-order valence-electron chi connectivity index (χ4n) is 1.55. The van der Waals surface area contributed by atoms with Crippen molar-refractivity contribution in [2.75, 3.05) is 5.73 Å². The Kier molecular flexibility index (Phi) is 2.78. The fraction of sp³-hybridized carbons (Fsp3) is 0.182. The van der Waals surface area contributed by atoms with E-state index in [1.54, 1.807) is 18.5 Å². The van der Waals surface area contributed by atoms with Gasteiger partial charge in [-0.25, -0.2) is 4.98 Å². The lowest BCUT2D eigenvalue weighted by atomic mass is 10.0. The van der Waals surface area contributed by atoms with Crippen molar-refractivity contribution in [3.8, 4) is 0 Å². The van der Waals surface area contributed by atoms with Crippen molar-refractivity contribution in [2.24, 2.45) is 0 Å². The highest BCUT2D eigenvalue weighted by molar-refractivity contribution is 5.47. The predicted molar refractivity (Wildman–Crippen MR) is 59.5 cm³/mol. The minimum absolute atomic E-state index is 0.318. The number of anilines is 1. The molecule has 1 atom stereocenters. The summed E-state index contributed by atoms with van der Waals surface area (Å²) in [6, 6.07) is 1.80. The molecule has 0 aliphatic rings. The molecule has 0 saturated heterocycles. The van der Waals surface area contributed by atoms with Crippen LogP contribution in [0.1, 0.15) is 22.9 Å². The molecular formula is C11H12N4O. The first kappa shape index (κ1) is 10.5. The molecular weight excluding hydrogens is 204 g/mol. The minimum Gasteiger partial charge on any atom is -0.383 e. The van der Waals surface area contributed by atoms with Gasteiger partial charge in [0.25, 0.3) is 0 Å². The number of aliphatic hydroxyl groups excluding tert-OH is 1. The van der Waals surface area contributed by atoms with Crippen LogP contribution >= 0.6 is 0 Å². The molecule has 3 N–H and O–H groups in total. The lowest BCUT2D eigenvalue weighted by Crippen LogP contribution is -2.09. The molecule has 2 heterocycles. The van der Waals surface area contributed by atoms with E-state index in [4.69, 9.17) is 5.73 Å². The minimum atomic E-state index is -0.887. The van der Waals surface area contributed by atoms with Gasteiger partial charge in [0.2, 0.25) is 0 Å². The third-order valence-corrected chi connectivity index (χ3v) is 2.38. The number of nitrogens with two attached hydrogens (primary N) is 1. The molecule has 0 amide bonds. The highest BCUT2D eigenvalue weighted by Gasteiger charge is 2.17. The SMILES string of the molecule is Cc1ccnc(N)c1C(O)c1cnccn1. The van der Waals surface area contributed by atoms with Crippen molar-refractivity contribution in [3.63, 3.8) is 0 Å². The van der Waals surface area contributed by atoms with E-state index in [1.165, 1.54) is 12.4 Å². The quantitative estimate of drug-likeness (QED) is 0.777. The van der Waals surface area contributed by atoms with Crippen LogP contribution in [0.3, 0.4) is 0 Å². The van der Waals surface area contributed by atoms with E-state index in [9.17, 15) is 5.11 Å². The second-order valence-electron chi connectivity index (χ2n) is 3.46. The van der Waals surface area contributed by atoms with Crippen LogP contribution < -0.4 is 5.73 Å². The third-order valence-electron chi connectivity index (χ3n) is 2.38. The summed E-state index contributed by atoms with van der Waals surface area (Å²) < 4.78 is 0. The van der Waals surface area contributed by atoms with E-state index in [2.05, 4.69) is 15.0 Å². The number of aliphatic hydroxyl groups is 1. The Hall–Kier alpha value is -2.01. The van der Waals surface area contributed by atoms with Crippen LogP contribution in [-0.2, 0) is 0 Å². The van der Waals surface area contributed by atoms with E-state index >= 15 is 0 Å². The van der Waals surface area contributed by atoms with Crippen molar-refractivity contribution in [3.05, 3.63) is 47.7 Å². The summed E-state index contributed by atoms with van der Waals surface area (Å²) in [6.07, 6.45) is 5.31. The summed E-state index contributed by atoms with van der Waals surface area (Å²) in [5, 5.41) is 10.1. The van der Waals surface area contributed by atoms with Gasteiger partial charge in [-0.2, -0.15) is 0 Å². The summed E-state index contributed by atoms with van der Waals surface area (Å²) in [7, 11) is 0. The molecule has 5 nitrogen and oxygen atoms in total. The molecule has 16 heavy (non-hydrogen) atoms. The van der Waals surface area contributed by atoms with E-state index in [0.29, 0.717) is 17.1 Å². The van der Waals surface area contributed by atoms with E-state index in [-0.39, 0.29) is 0 Å². The topological polar surface area (TPSA) is 84.9 Å². The number of nitrogens with zero attached hydrogens (tertiary/aromatic N) is 3. The lowest BCUT2D eigenvalue weighted by molar-refractivity contribution is 0.214. The highest BCUT2D eigenvalue weighted by Crippen LogP contribution is 2.26. The molecule has 0 aromatic carbocycles. The van der Waals surface area contributed by atoms with Gasteiger partial charge in [0.05, 0.1) is 11.9 Å². The van der Waals surface area contributed by atoms with Crippen molar-refractivity contribution in [2.45, 2.75) is 13.0 Å². The Bertz CT molecular complexity index is 466. The summed E-state index contributed by atoms with van der Waals surface area (Å²) in [4.78, 5) is 11.9. The molecule has 82 valence electrons. The third kappa shape index (κ3) is 1.85. The zero-order valence-corrected chi connectivity index (χ0v) is 8.83. The first-order chi connectivity index (χ1) is 7.70. The number of nitrogen functional groups attached to an aromatic ring is 1. The number of pyridine rings is 1. The number of hydrogen-bond acceptors (Lipinski definition) is 5. The Morgan fingerprint density at radius 1 is 1.25 bits per heavy atom. The van der Waals surface area contributed by atoms with Crippen molar-refractivity contribution < 1.29 is 5.11 Å². The molecule has 1 unspecified atom stereocenters. The smallest absolute Gasteiger partial charge is 0.129 e. The molecule has 2 rings (SSSR count). The Balaban J connectivity index is 2.46. The number of aromatic nitrogens is 3.